The third-order valence-electron chi connectivity index (χ3n) is 1.40. The van der Waals surface area contributed by atoms with E-state index in [9.17, 15) is 0 Å². The maximum atomic E-state index is 7.96. The maximum absolute atomic E-state index is 7.96. The van der Waals surface area contributed by atoms with Crippen LogP contribution in [-0.2, 0) is 6.40 Å². The predicted octanol–water partition coefficient (Wildman–Crippen LogP) is 3.28. The van der Waals surface area contributed by atoms with Crippen molar-refractivity contribution < 1.29 is 1.37 Å². The van der Waals surface area contributed by atoms with Gasteiger partial charge in [-0.25, -0.2) is 0 Å². The third-order valence-corrected chi connectivity index (χ3v) is 1.40. The molecule has 1 aromatic rings. The molecule has 0 amide bonds. The fourth-order valence-electron chi connectivity index (χ4n) is 1.05. The van der Waals surface area contributed by atoms with Gasteiger partial charge < -0.3 is 0 Å². The highest BCUT2D eigenvalue weighted by atomic mass is 14.1. The molecule has 1 unspecified atom stereocenters. The van der Waals surface area contributed by atoms with Crippen molar-refractivity contribution in [3.8, 4) is 0 Å². The first-order chi connectivity index (χ1) is 5.52. The highest BCUT2D eigenvalue weighted by Gasteiger charge is 2.09. The molecule has 0 saturated heterocycles. The van der Waals surface area contributed by atoms with E-state index in [2.05, 4.69) is 20.8 Å². The van der Waals surface area contributed by atoms with Crippen molar-refractivity contribution in [1.29, 1.82) is 0 Å². The van der Waals surface area contributed by atoms with Crippen LogP contribution in [0.15, 0.2) is 30.3 Å². The van der Waals surface area contributed by atoms with Gasteiger partial charge in [-0.15, -0.1) is 0 Å². The smallest absolute Gasteiger partial charge is 0.0321 e. The molecule has 0 radical (unpaired) electrons. The lowest BCUT2D eigenvalue weighted by molar-refractivity contribution is 0.411. The second-order valence-corrected chi connectivity index (χ2v) is 3.92. The highest BCUT2D eigenvalue weighted by molar-refractivity contribution is 5.15. The molecule has 60 valence electrons. The predicted molar refractivity (Wildman–Crippen MR) is 49.6 cm³/mol. The topological polar surface area (TPSA) is 0 Å². The minimum Gasteiger partial charge on any atom is -0.0622 e. The summed E-state index contributed by atoms with van der Waals surface area (Å²) in [5.41, 5.74) is 1.13. The van der Waals surface area contributed by atoms with Gasteiger partial charge in [-0.2, -0.15) is 0 Å². The molecule has 11 heavy (non-hydrogen) atoms. The molecule has 1 aromatic carbocycles. The van der Waals surface area contributed by atoms with E-state index in [1.54, 1.807) is 0 Å². The van der Waals surface area contributed by atoms with Crippen LogP contribution >= 0.6 is 0 Å². The lowest BCUT2D eigenvalue weighted by Crippen LogP contribution is -2.08. The zero-order valence-electron chi connectivity index (χ0n) is 8.46. The molecule has 0 fully saturated rings. The van der Waals surface area contributed by atoms with Gasteiger partial charge >= 0.3 is 0 Å². The summed E-state index contributed by atoms with van der Waals surface area (Å²) in [5.74, 6) is 0. The minimum atomic E-state index is -0.126. The Kier molecular flexibility index (Phi) is 1.93. The van der Waals surface area contributed by atoms with E-state index in [-0.39, 0.29) is 11.8 Å². The summed E-state index contributed by atoms with van der Waals surface area (Å²) in [4.78, 5) is 0. The summed E-state index contributed by atoms with van der Waals surface area (Å²) < 4.78 is 7.96. The van der Waals surface area contributed by atoms with Gasteiger partial charge in [0.25, 0.3) is 0 Å². The quantitative estimate of drug-likeness (QED) is 0.575. The summed E-state index contributed by atoms with van der Waals surface area (Å²) >= 11 is 0. The summed E-state index contributed by atoms with van der Waals surface area (Å²) in [6.45, 7) is 6.28. The van der Waals surface area contributed by atoms with E-state index in [0.29, 0.717) is 0 Å². The lowest BCUT2D eigenvalue weighted by atomic mass is 9.88. The Balaban J connectivity index is 2.86. The van der Waals surface area contributed by atoms with E-state index in [1.165, 1.54) is 0 Å². The molecule has 0 aliphatic carbocycles. The van der Waals surface area contributed by atoms with E-state index in [0.717, 1.165) is 5.56 Å². The van der Waals surface area contributed by atoms with E-state index >= 15 is 0 Å². The van der Waals surface area contributed by atoms with Crippen LogP contribution in [0.2, 0.25) is 0 Å². The summed E-state index contributed by atoms with van der Waals surface area (Å²) in [7, 11) is 0. The minimum absolute atomic E-state index is 0.0291. The molecule has 0 N–H and O–H groups in total. The summed E-state index contributed by atoms with van der Waals surface area (Å²) in [6, 6.07) is 10.00. The van der Waals surface area contributed by atoms with Crippen LogP contribution in [-0.4, -0.2) is 0 Å². The zero-order valence-corrected chi connectivity index (χ0v) is 7.46. The number of rotatable bonds is 1. The largest absolute Gasteiger partial charge is 0.0622 e. The van der Waals surface area contributed by atoms with Gasteiger partial charge in [0, 0.05) is 1.37 Å². The van der Waals surface area contributed by atoms with Crippen LogP contribution < -0.4 is 0 Å². The second-order valence-electron chi connectivity index (χ2n) is 3.92. The highest BCUT2D eigenvalue weighted by Crippen LogP contribution is 2.19. The van der Waals surface area contributed by atoms with E-state index < -0.39 is 0 Å². The number of hydrogen-bond donors (Lipinski definition) is 0. The van der Waals surface area contributed by atoms with Crippen molar-refractivity contribution in [2.45, 2.75) is 27.2 Å². The molecule has 0 aliphatic rings. The zero-order chi connectivity index (χ0) is 9.19. The van der Waals surface area contributed by atoms with Gasteiger partial charge in [0.1, 0.15) is 0 Å². The first kappa shape index (κ1) is 6.90. The van der Waals surface area contributed by atoms with Crippen LogP contribution in [0.25, 0.3) is 0 Å². The molecular weight excluding hydrogens is 132 g/mol. The molecule has 0 saturated carbocycles. The van der Waals surface area contributed by atoms with E-state index in [4.69, 9.17) is 1.37 Å². The van der Waals surface area contributed by atoms with Gasteiger partial charge in [-0.3, -0.25) is 0 Å². The second kappa shape index (κ2) is 3.08. The van der Waals surface area contributed by atoms with Crippen molar-refractivity contribution in [2.75, 3.05) is 0 Å². The van der Waals surface area contributed by atoms with Crippen LogP contribution in [0.5, 0.6) is 0 Å². The van der Waals surface area contributed by atoms with Gasteiger partial charge in [0.15, 0.2) is 0 Å². The maximum Gasteiger partial charge on any atom is 0.0321 e. The number of hydrogen-bond acceptors (Lipinski definition) is 0. The molecular formula is C11H16. The first-order valence-corrected chi connectivity index (χ1v) is 3.99. The van der Waals surface area contributed by atoms with Gasteiger partial charge in [0.2, 0.25) is 0 Å². The Morgan fingerprint density at radius 1 is 1.18 bits per heavy atom. The molecule has 1 atom stereocenters. The monoisotopic (exact) mass is 149 g/mol. The Morgan fingerprint density at radius 2 is 1.73 bits per heavy atom. The molecule has 0 bridgehead atoms. The van der Waals surface area contributed by atoms with Crippen LogP contribution in [0, 0.1) is 5.41 Å². The van der Waals surface area contributed by atoms with Crippen LogP contribution in [0.1, 0.15) is 27.7 Å². The van der Waals surface area contributed by atoms with Crippen molar-refractivity contribution in [1.82, 2.24) is 0 Å². The van der Waals surface area contributed by atoms with Crippen molar-refractivity contribution in [2.24, 2.45) is 5.41 Å². The van der Waals surface area contributed by atoms with Crippen molar-refractivity contribution in [3.05, 3.63) is 35.9 Å². The Morgan fingerprint density at radius 3 is 2.18 bits per heavy atom. The standard InChI is InChI=1S/C11H16/c1-11(2,3)9-10-7-5-4-6-8-10/h4-8H,9H2,1-3H3/i9D. The third kappa shape index (κ3) is 3.22. The van der Waals surface area contributed by atoms with Gasteiger partial charge in [-0.1, -0.05) is 51.1 Å². The fourth-order valence-corrected chi connectivity index (χ4v) is 1.05. The average molecular weight is 149 g/mol. The molecule has 0 nitrogen and oxygen atoms in total. The SMILES string of the molecule is [2H]C(c1ccccc1)C(C)(C)C. The van der Waals surface area contributed by atoms with Crippen LogP contribution in [0.4, 0.5) is 0 Å². The Hall–Kier alpha value is -0.780. The first-order valence-electron chi connectivity index (χ1n) is 4.57. The summed E-state index contributed by atoms with van der Waals surface area (Å²) in [6.07, 6.45) is -0.126. The molecule has 0 aromatic heterocycles. The van der Waals surface area contributed by atoms with E-state index in [1.807, 2.05) is 30.3 Å². The molecule has 0 heterocycles. The van der Waals surface area contributed by atoms with Crippen molar-refractivity contribution in [3.63, 3.8) is 0 Å². The fraction of sp³-hybridized carbons (Fsp3) is 0.455. The molecule has 0 spiro atoms. The molecule has 1 rings (SSSR count). The Bertz CT molecular complexity index is 233. The molecule has 0 heteroatoms. The average Bonchev–Trinajstić information content (AvgIpc) is 2.03. The van der Waals surface area contributed by atoms with Crippen LogP contribution in [0.3, 0.4) is 0 Å². The Labute approximate surface area is 70.7 Å². The van der Waals surface area contributed by atoms with Gasteiger partial charge in [-0.05, 0) is 17.4 Å². The van der Waals surface area contributed by atoms with Gasteiger partial charge in [0.05, 0.1) is 0 Å². The number of benzene rings is 1. The normalized spacial score (nSPS) is 15.7. The van der Waals surface area contributed by atoms with Crippen molar-refractivity contribution >= 4 is 0 Å². The molecule has 0 aliphatic heterocycles. The summed E-state index contributed by atoms with van der Waals surface area (Å²) in [5, 5.41) is 0. The lowest BCUT2D eigenvalue weighted by Gasteiger charge is -2.17.